The van der Waals surface area contributed by atoms with Gasteiger partial charge in [0.05, 0.1) is 5.01 Å². The predicted molar refractivity (Wildman–Crippen MR) is 104 cm³/mol. The summed E-state index contributed by atoms with van der Waals surface area (Å²) in [5, 5.41) is 8.58. The number of aromatic nitrogens is 1. The zero-order chi connectivity index (χ0) is 17.5. The molecule has 2 aromatic rings. The van der Waals surface area contributed by atoms with Crippen LogP contribution in [0.25, 0.3) is 0 Å². The standard InChI is InChI=1S/C16H19ClN4O2S.ClH/c1-10-11(17)3-2-4-12(10)20-14(22)6-8-19-16(23)13-9-24-15(21-13)5-7-18;/h2-4,9H,5-8,18H2,1H3,(H,19,23)(H,20,22);1H. The van der Waals surface area contributed by atoms with E-state index in [1.54, 1.807) is 23.6 Å². The van der Waals surface area contributed by atoms with Gasteiger partial charge in [0, 0.05) is 35.5 Å². The van der Waals surface area contributed by atoms with Gasteiger partial charge in [0.2, 0.25) is 5.91 Å². The van der Waals surface area contributed by atoms with Gasteiger partial charge in [-0.15, -0.1) is 23.7 Å². The summed E-state index contributed by atoms with van der Waals surface area (Å²) in [5.74, 6) is -0.482. The molecule has 1 heterocycles. The molecule has 0 saturated carbocycles. The predicted octanol–water partition coefficient (Wildman–Crippen LogP) is 2.79. The molecule has 0 atom stereocenters. The van der Waals surface area contributed by atoms with Crippen LogP contribution >= 0.6 is 35.3 Å². The molecule has 1 aromatic carbocycles. The minimum atomic E-state index is -0.291. The molecule has 6 nitrogen and oxygen atoms in total. The molecule has 0 radical (unpaired) electrons. The molecule has 0 saturated heterocycles. The molecule has 0 spiro atoms. The van der Waals surface area contributed by atoms with Gasteiger partial charge >= 0.3 is 0 Å². The number of thiazole rings is 1. The summed E-state index contributed by atoms with van der Waals surface area (Å²) < 4.78 is 0. The summed E-state index contributed by atoms with van der Waals surface area (Å²) in [6, 6.07) is 5.32. The van der Waals surface area contributed by atoms with Crippen LogP contribution in [-0.4, -0.2) is 29.9 Å². The molecule has 0 aliphatic heterocycles. The summed E-state index contributed by atoms with van der Waals surface area (Å²) in [6.07, 6.45) is 0.816. The first kappa shape index (κ1) is 21.4. The van der Waals surface area contributed by atoms with Gasteiger partial charge in [0.1, 0.15) is 5.69 Å². The fourth-order valence-electron chi connectivity index (χ4n) is 1.99. The van der Waals surface area contributed by atoms with E-state index in [-0.39, 0.29) is 37.2 Å². The average molecular weight is 403 g/mol. The van der Waals surface area contributed by atoms with Crippen molar-refractivity contribution in [2.45, 2.75) is 19.8 Å². The minimum absolute atomic E-state index is 0. The van der Waals surface area contributed by atoms with E-state index in [1.165, 1.54) is 11.3 Å². The van der Waals surface area contributed by atoms with Crippen LogP contribution in [0.15, 0.2) is 23.6 Å². The van der Waals surface area contributed by atoms with Crippen molar-refractivity contribution in [2.75, 3.05) is 18.4 Å². The van der Waals surface area contributed by atoms with Crippen molar-refractivity contribution in [3.05, 3.63) is 44.9 Å². The van der Waals surface area contributed by atoms with Gasteiger partial charge in [0.25, 0.3) is 5.91 Å². The van der Waals surface area contributed by atoms with E-state index < -0.39 is 0 Å². The second kappa shape index (κ2) is 10.4. The van der Waals surface area contributed by atoms with Crippen LogP contribution in [0.3, 0.4) is 0 Å². The van der Waals surface area contributed by atoms with Crippen molar-refractivity contribution < 1.29 is 9.59 Å². The first-order chi connectivity index (χ1) is 11.5. The maximum atomic E-state index is 12.0. The first-order valence-corrected chi connectivity index (χ1v) is 8.74. The molecular formula is C16H20Cl2N4O2S. The quantitative estimate of drug-likeness (QED) is 0.662. The first-order valence-electron chi connectivity index (χ1n) is 7.49. The van der Waals surface area contributed by atoms with Gasteiger partial charge in [-0.05, 0) is 31.2 Å². The number of hydrogen-bond donors (Lipinski definition) is 3. The maximum Gasteiger partial charge on any atom is 0.270 e. The lowest BCUT2D eigenvalue weighted by Gasteiger charge is -2.09. The Labute approximate surface area is 161 Å². The van der Waals surface area contributed by atoms with Gasteiger partial charge in [-0.25, -0.2) is 4.98 Å². The molecular weight excluding hydrogens is 383 g/mol. The molecule has 0 bridgehead atoms. The van der Waals surface area contributed by atoms with Crippen molar-refractivity contribution in [2.24, 2.45) is 5.73 Å². The third-order valence-electron chi connectivity index (χ3n) is 3.32. The maximum absolute atomic E-state index is 12.0. The van der Waals surface area contributed by atoms with E-state index >= 15 is 0 Å². The Morgan fingerprint density at radius 3 is 2.84 bits per heavy atom. The Bertz CT molecular complexity index is 737. The molecule has 0 aliphatic carbocycles. The van der Waals surface area contributed by atoms with E-state index in [4.69, 9.17) is 17.3 Å². The van der Waals surface area contributed by atoms with E-state index in [1.807, 2.05) is 6.92 Å². The second-order valence-corrected chi connectivity index (χ2v) is 6.48. The van der Waals surface area contributed by atoms with Gasteiger partial charge < -0.3 is 16.4 Å². The lowest BCUT2D eigenvalue weighted by molar-refractivity contribution is -0.116. The van der Waals surface area contributed by atoms with Crippen LogP contribution in [-0.2, 0) is 11.2 Å². The van der Waals surface area contributed by atoms with Crippen LogP contribution in [0.4, 0.5) is 5.69 Å². The second-order valence-electron chi connectivity index (χ2n) is 5.13. The number of amides is 2. The number of nitrogens with two attached hydrogens (primary N) is 1. The third-order valence-corrected chi connectivity index (χ3v) is 4.64. The normalized spacial score (nSPS) is 10.0. The van der Waals surface area contributed by atoms with Gasteiger partial charge in [-0.3, -0.25) is 9.59 Å². The molecule has 2 rings (SSSR count). The Hall–Kier alpha value is -1.67. The Morgan fingerprint density at radius 2 is 2.12 bits per heavy atom. The minimum Gasteiger partial charge on any atom is -0.350 e. The Morgan fingerprint density at radius 1 is 1.36 bits per heavy atom. The van der Waals surface area contributed by atoms with Crippen molar-refractivity contribution in [3.8, 4) is 0 Å². The molecule has 9 heteroatoms. The smallest absolute Gasteiger partial charge is 0.270 e. The summed E-state index contributed by atoms with van der Waals surface area (Å²) in [5.41, 5.74) is 7.29. The van der Waals surface area contributed by atoms with E-state index in [0.717, 1.165) is 10.6 Å². The number of benzene rings is 1. The molecule has 1 aromatic heterocycles. The number of carbonyl (C=O) groups is 2. The zero-order valence-corrected chi connectivity index (χ0v) is 16.1. The van der Waals surface area contributed by atoms with Crippen LogP contribution < -0.4 is 16.4 Å². The van der Waals surface area contributed by atoms with Gasteiger partial charge in [-0.1, -0.05) is 17.7 Å². The Kier molecular flexibility index (Phi) is 8.85. The highest BCUT2D eigenvalue weighted by Crippen LogP contribution is 2.22. The van der Waals surface area contributed by atoms with Crippen molar-refractivity contribution >= 4 is 52.8 Å². The SMILES string of the molecule is Cc1c(Cl)cccc1NC(=O)CCNC(=O)c1csc(CCN)n1.Cl. The van der Waals surface area contributed by atoms with Crippen LogP contribution in [0.5, 0.6) is 0 Å². The van der Waals surface area contributed by atoms with Gasteiger partial charge in [-0.2, -0.15) is 0 Å². The van der Waals surface area contributed by atoms with Crippen LogP contribution in [0.2, 0.25) is 5.02 Å². The highest BCUT2D eigenvalue weighted by atomic mass is 35.5. The van der Waals surface area contributed by atoms with E-state index in [9.17, 15) is 9.59 Å². The summed E-state index contributed by atoms with van der Waals surface area (Å²) >= 11 is 7.42. The summed E-state index contributed by atoms with van der Waals surface area (Å²) in [4.78, 5) is 28.1. The van der Waals surface area contributed by atoms with E-state index in [2.05, 4.69) is 15.6 Å². The molecule has 25 heavy (non-hydrogen) atoms. The number of nitrogens with zero attached hydrogens (tertiary/aromatic N) is 1. The number of carbonyl (C=O) groups excluding carboxylic acids is 2. The molecule has 4 N–H and O–H groups in total. The fraction of sp³-hybridized carbons (Fsp3) is 0.312. The summed E-state index contributed by atoms with van der Waals surface area (Å²) in [6.45, 7) is 2.56. The number of nitrogens with one attached hydrogen (secondary N) is 2. The van der Waals surface area contributed by atoms with Crippen molar-refractivity contribution in [1.29, 1.82) is 0 Å². The average Bonchev–Trinajstić information content (AvgIpc) is 3.01. The third kappa shape index (κ3) is 6.28. The largest absolute Gasteiger partial charge is 0.350 e. The molecule has 136 valence electrons. The number of halogens is 2. The zero-order valence-electron chi connectivity index (χ0n) is 13.7. The highest BCUT2D eigenvalue weighted by Gasteiger charge is 2.11. The number of rotatable bonds is 7. The molecule has 0 fully saturated rings. The summed E-state index contributed by atoms with van der Waals surface area (Å²) in [7, 11) is 0. The van der Waals surface area contributed by atoms with Gasteiger partial charge in [0.15, 0.2) is 0 Å². The number of hydrogen-bond acceptors (Lipinski definition) is 5. The highest BCUT2D eigenvalue weighted by molar-refractivity contribution is 7.09. The molecule has 0 aliphatic rings. The molecule has 2 amide bonds. The lowest BCUT2D eigenvalue weighted by Crippen LogP contribution is -2.28. The van der Waals surface area contributed by atoms with Crippen molar-refractivity contribution in [1.82, 2.24) is 10.3 Å². The van der Waals surface area contributed by atoms with Crippen LogP contribution in [0, 0.1) is 6.92 Å². The lowest BCUT2D eigenvalue weighted by atomic mass is 10.2. The molecule has 0 unspecified atom stereocenters. The fourth-order valence-corrected chi connectivity index (χ4v) is 2.96. The van der Waals surface area contributed by atoms with Crippen molar-refractivity contribution in [3.63, 3.8) is 0 Å². The monoisotopic (exact) mass is 402 g/mol. The Balaban J connectivity index is 0.00000312. The topological polar surface area (TPSA) is 97.1 Å². The van der Waals surface area contributed by atoms with E-state index in [0.29, 0.717) is 29.4 Å². The van der Waals surface area contributed by atoms with Crippen LogP contribution in [0.1, 0.15) is 27.5 Å². The number of anilines is 1.